The van der Waals surface area contributed by atoms with E-state index in [0.29, 0.717) is 12.0 Å². The van der Waals surface area contributed by atoms with Gasteiger partial charge in [-0.2, -0.15) is 13.2 Å². The predicted molar refractivity (Wildman–Crippen MR) is 69.6 cm³/mol. The van der Waals surface area contributed by atoms with Gasteiger partial charge in [0.1, 0.15) is 5.56 Å². The fourth-order valence-corrected chi connectivity index (χ4v) is 2.03. The Morgan fingerprint density at radius 1 is 1.35 bits per heavy atom. The number of nitro groups is 1. The maximum absolute atomic E-state index is 12.8. The van der Waals surface area contributed by atoms with E-state index < -0.39 is 22.4 Å². The molecule has 0 amide bonds. The van der Waals surface area contributed by atoms with Crippen LogP contribution in [0.25, 0.3) is 0 Å². The van der Waals surface area contributed by atoms with Crippen molar-refractivity contribution in [1.29, 1.82) is 0 Å². The maximum atomic E-state index is 12.8. The van der Waals surface area contributed by atoms with E-state index in [0.717, 1.165) is 25.1 Å². The molecule has 0 aliphatic rings. The van der Waals surface area contributed by atoms with E-state index in [1.165, 1.54) is 6.07 Å². The molecule has 0 radical (unpaired) electrons. The fourth-order valence-electron chi connectivity index (χ4n) is 2.03. The van der Waals surface area contributed by atoms with Crippen LogP contribution in [0.15, 0.2) is 18.2 Å². The van der Waals surface area contributed by atoms with Crippen molar-refractivity contribution in [3.63, 3.8) is 0 Å². The molecular formula is C13H17F3N2O2. The van der Waals surface area contributed by atoms with Gasteiger partial charge in [-0.3, -0.25) is 10.1 Å². The smallest absolute Gasteiger partial charge is 0.314 e. The third kappa shape index (κ3) is 4.19. The number of nitro benzene ring substituents is 1. The number of hydrogen-bond donors (Lipinski definition) is 1. The molecule has 1 aromatic rings. The molecular weight excluding hydrogens is 273 g/mol. The van der Waals surface area contributed by atoms with Gasteiger partial charge in [0.15, 0.2) is 0 Å². The van der Waals surface area contributed by atoms with Crippen LogP contribution in [-0.4, -0.2) is 17.5 Å². The highest BCUT2D eigenvalue weighted by molar-refractivity contribution is 5.44. The summed E-state index contributed by atoms with van der Waals surface area (Å²) in [5, 5.41) is 13.8. The molecule has 0 spiro atoms. The van der Waals surface area contributed by atoms with Crippen LogP contribution in [-0.2, 0) is 12.6 Å². The van der Waals surface area contributed by atoms with Gasteiger partial charge in [-0.1, -0.05) is 19.9 Å². The van der Waals surface area contributed by atoms with E-state index in [1.54, 1.807) is 0 Å². The summed E-state index contributed by atoms with van der Waals surface area (Å²) in [7, 11) is 0. The number of nitrogens with zero attached hydrogens (tertiary/aromatic N) is 1. The predicted octanol–water partition coefficient (Wildman–Crippen LogP) is 3.54. The zero-order chi connectivity index (χ0) is 15.3. The molecule has 0 aliphatic carbocycles. The summed E-state index contributed by atoms with van der Waals surface area (Å²) >= 11 is 0. The number of benzene rings is 1. The van der Waals surface area contributed by atoms with E-state index >= 15 is 0 Å². The Balaban J connectivity index is 3.10. The largest absolute Gasteiger partial charge is 0.423 e. The number of halogens is 3. The fraction of sp³-hybridized carbons (Fsp3) is 0.538. The lowest BCUT2D eigenvalue weighted by Crippen LogP contribution is -2.30. The van der Waals surface area contributed by atoms with Gasteiger partial charge in [0.25, 0.3) is 5.69 Å². The highest BCUT2D eigenvalue weighted by atomic mass is 19.4. The first-order chi connectivity index (χ1) is 9.29. The van der Waals surface area contributed by atoms with Crippen LogP contribution >= 0.6 is 0 Å². The third-order valence-corrected chi connectivity index (χ3v) is 3.03. The summed E-state index contributed by atoms with van der Waals surface area (Å²) in [6, 6.07) is 3.24. The summed E-state index contributed by atoms with van der Waals surface area (Å²) in [6.07, 6.45) is -3.55. The van der Waals surface area contributed by atoms with Crippen molar-refractivity contribution in [3.8, 4) is 0 Å². The monoisotopic (exact) mass is 290 g/mol. The SMILES string of the molecule is CCNC(CC)Cc1ccc([N+](=O)[O-])c(C(F)(F)F)c1. The van der Waals surface area contributed by atoms with Crippen molar-refractivity contribution >= 4 is 5.69 Å². The van der Waals surface area contributed by atoms with E-state index in [4.69, 9.17) is 0 Å². The second kappa shape index (κ2) is 6.69. The molecule has 7 heteroatoms. The quantitative estimate of drug-likeness (QED) is 0.644. The lowest BCUT2D eigenvalue weighted by molar-refractivity contribution is -0.388. The lowest BCUT2D eigenvalue weighted by atomic mass is 10.0. The molecule has 0 aliphatic heterocycles. The molecule has 1 rings (SSSR count). The van der Waals surface area contributed by atoms with E-state index in [2.05, 4.69) is 5.32 Å². The molecule has 1 aromatic carbocycles. The van der Waals surface area contributed by atoms with E-state index in [-0.39, 0.29) is 6.04 Å². The van der Waals surface area contributed by atoms with Crippen LogP contribution in [0.5, 0.6) is 0 Å². The van der Waals surface area contributed by atoms with Gasteiger partial charge in [0.2, 0.25) is 0 Å². The van der Waals surface area contributed by atoms with Crippen LogP contribution in [0, 0.1) is 10.1 Å². The Morgan fingerprint density at radius 3 is 2.45 bits per heavy atom. The van der Waals surface area contributed by atoms with Crippen molar-refractivity contribution < 1.29 is 18.1 Å². The summed E-state index contributed by atoms with van der Waals surface area (Å²) in [5.41, 5.74) is -1.65. The Morgan fingerprint density at radius 2 is 2.00 bits per heavy atom. The average Bonchev–Trinajstić information content (AvgIpc) is 2.36. The first kappa shape index (κ1) is 16.4. The van der Waals surface area contributed by atoms with Gasteiger partial charge in [0.05, 0.1) is 4.92 Å². The molecule has 0 heterocycles. The number of nitrogens with one attached hydrogen (secondary N) is 1. The normalized spacial score (nSPS) is 13.2. The molecule has 0 saturated carbocycles. The topological polar surface area (TPSA) is 55.2 Å². The van der Waals surface area contributed by atoms with Crippen molar-refractivity contribution in [2.45, 2.75) is 38.9 Å². The van der Waals surface area contributed by atoms with Crippen LogP contribution in [0.1, 0.15) is 31.4 Å². The summed E-state index contributed by atoms with van der Waals surface area (Å²) in [4.78, 5) is 9.65. The van der Waals surface area contributed by atoms with Crippen molar-refractivity contribution in [2.24, 2.45) is 0 Å². The molecule has 20 heavy (non-hydrogen) atoms. The molecule has 1 atom stereocenters. The minimum atomic E-state index is -4.72. The number of alkyl halides is 3. The van der Waals surface area contributed by atoms with Crippen molar-refractivity contribution in [2.75, 3.05) is 6.54 Å². The molecule has 1 unspecified atom stereocenters. The van der Waals surface area contributed by atoms with Crippen molar-refractivity contribution in [1.82, 2.24) is 5.32 Å². The third-order valence-electron chi connectivity index (χ3n) is 3.03. The van der Waals surface area contributed by atoms with Gasteiger partial charge < -0.3 is 5.32 Å². The van der Waals surface area contributed by atoms with Crippen LogP contribution in [0.3, 0.4) is 0 Å². The average molecular weight is 290 g/mol. The minimum absolute atomic E-state index is 0.0579. The Bertz CT molecular complexity index is 475. The maximum Gasteiger partial charge on any atom is 0.423 e. The van der Waals surface area contributed by atoms with E-state index in [1.807, 2.05) is 13.8 Å². The highest BCUT2D eigenvalue weighted by Crippen LogP contribution is 2.36. The molecule has 4 nitrogen and oxygen atoms in total. The molecule has 0 bridgehead atoms. The van der Waals surface area contributed by atoms with Gasteiger partial charge in [0, 0.05) is 12.1 Å². The molecule has 0 fully saturated rings. The zero-order valence-corrected chi connectivity index (χ0v) is 11.3. The van der Waals surface area contributed by atoms with Crippen LogP contribution in [0.2, 0.25) is 0 Å². The van der Waals surface area contributed by atoms with E-state index in [9.17, 15) is 23.3 Å². The van der Waals surface area contributed by atoms with Gasteiger partial charge >= 0.3 is 6.18 Å². The lowest BCUT2D eigenvalue weighted by Gasteiger charge is -2.16. The summed E-state index contributed by atoms with van der Waals surface area (Å²) in [5.74, 6) is 0. The second-order valence-corrected chi connectivity index (χ2v) is 4.47. The van der Waals surface area contributed by atoms with Crippen LogP contribution in [0.4, 0.5) is 18.9 Å². The molecule has 0 aromatic heterocycles. The number of rotatable bonds is 6. The standard InChI is InChI=1S/C13H17F3N2O2/c1-3-10(17-4-2)7-9-5-6-12(18(19)20)11(8-9)13(14,15)16/h5-6,8,10,17H,3-4,7H2,1-2H3. The number of hydrogen-bond acceptors (Lipinski definition) is 3. The highest BCUT2D eigenvalue weighted by Gasteiger charge is 2.38. The zero-order valence-electron chi connectivity index (χ0n) is 11.3. The second-order valence-electron chi connectivity index (χ2n) is 4.47. The molecule has 0 saturated heterocycles. The van der Waals surface area contributed by atoms with Gasteiger partial charge in [-0.05, 0) is 31.0 Å². The Hall–Kier alpha value is -1.63. The molecule has 112 valence electrons. The minimum Gasteiger partial charge on any atom is -0.314 e. The first-order valence-electron chi connectivity index (χ1n) is 6.37. The van der Waals surface area contributed by atoms with Crippen LogP contribution < -0.4 is 5.32 Å². The van der Waals surface area contributed by atoms with Gasteiger partial charge in [-0.15, -0.1) is 0 Å². The Labute approximate surface area is 115 Å². The number of likely N-dealkylation sites (N-methyl/N-ethyl adjacent to an activating group) is 1. The van der Waals surface area contributed by atoms with Crippen molar-refractivity contribution in [3.05, 3.63) is 39.4 Å². The summed E-state index contributed by atoms with van der Waals surface area (Å²) in [6.45, 7) is 4.57. The van der Waals surface area contributed by atoms with Gasteiger partial charge in [-0.25, -0.2) is 0 Å². The Kier molecular flexibility index (Phi) is 5.50. The molecule has 1 N–H and O–H groups in total. The summed E-state index contributed by atoms with van der Waals surface area (Å²) < 4.78 is 38.5. The first-order valence-corrected chi connectivity index (χ1v) is 6.37.